The van der Waals surface area contributed by atoms with Gasteiger partial charge >= 0.3 is 0 Å². The first-order valence-corrected chi connectivity index (χ1v) is 6.37. The Hall–Kier alpha value is -1.21. The zero-order valence-electron chi connectivity index (χ0n) is 10.6. The second-order valence-corrected chi connectivity index (χ2v) is 4.12. The first-order chi connectivity index (χ1) is 9.13. The van der Waals surface area contributed by atoms with Crippen LogP contribution in [0.5, 0.6) is 0 Å². The molecular weight excluding hydrogens is 278 g/mol. The Balaban J connectivity index is 2.39. The molecule has 1 aromatic rings. The van der Waals surface area contributed by atoms with E-state index in [4.69, 9.17) is 16.3 Å². The third-order valence-electron chi connectivity index (χ3n) is 2.06. The zero-order valence-corrected chi connectivity index (χ0v) is 11.4. The molecule has 0 fully saturated rings. The van der Waals surface area contributed by atoms with Crippen molar-refractivity contribution in [3.63, 3.8) is 0 Å². The van der Waals surface area contributed by atoms with Gasteiger partial charge in [0, 0.05) is 13.1 Å². The van der Waals surface area contributed by atoms with Gasteiger partial charge in [-0.15, -0.1) is 0 Å². The van der Waals surface area contributed by atoms with E-state index in [-0.39, 0.29) is 6.61 Å². The van der Waals surface area contributed by atoms with Crippen LogP contribution in [0, 0.1) is 0 Å². The second-order valence-electron chi connectivity index (χ2n) is 3.71. The zero-order chi connectivity index (χ0) is 14.1. The summed E-state index contributed by atoms with van der Waals surface area (Å²) < 4.78 is 28.4. The summed E-state index contributed by atoms with van der Waals surface area (Å²) in [5.74, 6) is 0.929. The van der Waals surface area contributed by atoms with Gasteiger partial charge in [0.1, 0.15) is 11.6 Å². The van der Waals surface area contributed by atoms with Gasteiger partial charge in [-0.25, -0.2) is 13.8 Å². The number of hydrogen-bond donors (Lipinski definition) is 2. The van der Waals surface area contributed by atoms with Crippen LogP contribution < -0.4 is 10.6 Å². The molecule has 0 bridgehead atoms. The molecule has 108 valence electrons. The fourth-order valence-corrected chi connectivity index (χ4v) is 1.38. The molecule has 19 heavy (non-hydrogen) atoms. The van der Waals surface area contributed by atoms with Gasteiger partial charge in [-0.3, -0.25) is 0 Å². The number of rotatable bonds is 9. The van der Waals surface area contributed by atoms with Crippen LogP contribution in [0.4, 0.5) is 20.5 Å². The number of alkyl halides is 2. The Morgan fingerprint density at radius 3 is 2.84 bits per heavy atom. The van der Waals surface area contributed by atoms with Gasteiger partial charge in [-0.2, -0.15) is 4.98 Å². The summed E-state index contributed by atoms with van der Waals surface area (Å²) in [4.78, 5) is 8.19. The van der Waals surface area contributed by atoms with E-state index < -0.39 is 13.0 Å². The van der Waals surface area contributed by atoms with Crippen LogP contribution in [0.25, 0.3) is 0 Å². The fraction of sp³-hybridized carbons (Fsp3) is 0.636. The van der Waals surface area contributed by atoms with Crippen LogP contribution in [-0.2, 0) is 4.74 Å². The minimum atomic E-state index is -2.45. The van der Waals surface area contributed by atoms with Crippen LogP contribution >= 0.6 is 11.6 Å². The standard InChI is InChI=1S/C11H17ClF2N4O/c1-2-3-16-11-17-6-8(12)10(18-11)15-4-5-19-7-9(13)14/h6,9H,2-5,7H2,1H3,(H2,15,16,17,18). The maximum atomic E-state index is 11.8. The normalized spacial score (nSPS) is 10.8. The third-order valence-corrected chi connectivity index (χ3v) is 2.34. The molecule has 2 N–H and O–H groups in total. The molecule has 1 rings (SSSR count). The lowest BCUT2D eigenvalue weighted by molar-refractivity contribution is 0.0215. The number of ether oxygens (including phenoxy) is 1. The molecule has 0 atom stereocenters. The van der Waals surface area contributed by atoms with Crippen LogP contribution in [0.1, 0.15) is 13.3 Å². The molecule has 0 radical (unpaired) electrons. The average molecular weight is 295 g/mol. The fourth-order valence-electron chi connectivity index (χ4n) is 1.23. The Morgan fingerprint density at radius 2 is 2.16 bits per heavy atom. The lowest BCUT2D eigenvalue weighted by Gasteiger charge is -2.09. The quantitative estimate of drug-likeness (QED) is 0.686. The Bertz CT molecular complexity index is 382. The summed E-state index contributed by atoms with van der Waals surface area (Å²) in [6.07, 6.45) is -0.0158. The second kappa shape index (κ2) is 8.82. The highest BCUT2D eigenvalue weighted by Crippen LogP contribution is 2.18. The molecule has 0 aliphatic heterocycles. The summed E-state index contributed by atoms with van der Waals surface area (Å²) in [5, 5.41) is 6.31. The highest BCUT2D eigenvalue weighted by molar-refractivity contribution is 6.32. The monoisotopic (exact) mass is 294 g/mol. The minimum Gasteiger partial charge on any atom is -0.374 e. The predicted molar refractivity (Wildman–Crippen MR) is 71.1 cm³/mol. The van der Waals surface area contributed by atoms with Crippen molar-refractivity contribution in [3.8, 4) is 0 Å². The Morgan fingerprint density at radius 1 is 1.37 bits per heavy atom. The van der Waals surface area contributed by atoms with Gasteiger partial charge < -0.3 is 15.4 Å². The number of nitrogens with zero attached hydrogens (tertiary/aromatic N) is 2. The van der Waals surface area contributed by atoms with Gasteiger partial charge in [0.25, 0.3) is 6.43 Å². The molecular formula is C11H17ClF2N4O. The SMILES string of the molecule is CCCNc1ncc(Cl)c(NCCOCC(F)F)n1. The number of halogens is 3. The molecule has 0 aromatic carbocycles. The number of anilines is 2. The molecule has 0 unspecified atom stereocenters. The topological polar surface area (TPSA) is 59.1 Å². The van der Waals surface area contributed by atoms with Crippen LogP contribution in [-0.4, -0.2) is 42.7 Å². The molecule has 0 saturated heterocycles. The first-order valence-electron chi connectivity index (χ1n) is 5.99. The molecule has 0 amide bonds. The molecule has 5 nitrogen and oxygen atoms in total. The molecule has 0 aliphatic carbocycles. The Kier molecular flexibility index (Phi) is 7.35. The van der Waals surface area contributed by atoms with Gasteiger partial charge in [-0.1, -0.05) is 18.5 Å². The van der Waals surface area contributed by atoms with Crippen molar-refractivity contribution in [2.75, 3.05) is 36.9 Å². The highest BCUT2D eigenvalue weighted by atomic mass is 35.5. The summed E-state index contributed by atoms with van der Waals surface area (Å²) >= 11 is 5.92. The van der Waals surface area contributed by atoms with Gasteiger partial charge in [0.15, 0.2) is 5.82 Å². The first kappa shape index (κ1) is 15.8. The van der Waals surface area contributed by atoms with E-state index in [2.05, 4.69) is 20.6 Å². The lowest BCUT2D eigenvalue weighted by atomic mass is 10.5. The molecule has 0 aliphatic rings. The van der Waals surface area contributed by atoms with Crippen molar-refractivity contribution >= 4 is 23.4 Å². The van der Waals surface area contributed by atoms with E-state index in [1.165, 1.54) is 6.20 Å². The van der Waals surface area contributed by atoms with Crippen LogP contribution in [0.15, 0.2) is 6.20 Å². The van der Waals surface area contributed by atoms with Gasteiger partial charge in [-0.05, 0) is 6.42 Å². The minimum absolute atomic E-state index is 0.155. The predicted octanol–water partition coefficient (Wildman–Crippen LogP) is 2.65. The van der Waals surface area contributed by atoms with Gasteiger partial charge in [0.05, 0.1) is 12.8 Å². The summed E-state index contributed by atoms with van der Waals surface area (Å²) in [6, 6.07) is 0. The van der Waals surface area contributed by atoms with E-state index >= 15 is 0 Å². The molecule has 1 heterocycles. The van der Waals surface area contributed by atoms with E-state index in [1.807, 2.05) is 6.92 Å². The van der Waals surface area contributed by atoms with Crippen molar-refractivity contribution < 1.29 is 13.5 Å². The smallest absolute Gasteiger partial charge is 0.261 e. The number of nitrogens with one attached hydrogen (secondary N) is 2. The number of hydrogen-bond acceptors (Lipinski definition) is 5. The summed E-state index contributed by atoms with van der Waals surface area (Å²) in [6.45, 7) is 2.72. The highest BCUT2D eigenvalue weighted by Gasteiger charge is 2.05. The third kappa shape index (κ3) is 6.49. The largest absolute Gasteiger partial charge is 0.374 e. The maximum absolute atomic E-state index is 11.8. The van der Waals surface area contributed by atoms with Crippen molar-refractivity contribution in [1.29, 1.82) is 0 Å². The molecule has 0 spiro atoms. The molecule has 1 aromatic heterocycles. The van der Waals surface area contributed by atoms with Crippen LogP contribution in [0.2, 0.25) is 5.02 Å². The van der Waals surface area contributed by atoms with Crippen molar-refractivity contribution in [3.05, 3.63) is 11.2 Å². The number of aromatic nitrogens is 2. The maximum Gasteiger partial charge on any atom is 0.261 e. The lowest BCUT2D eigenvalue weighted by Crippen LogP contribution is -2.14. The van der Waals surface area contributed by atoms with E-state index in [1.54, 1.807) is 0 Å². The molecule has 0 saturated carbocycles. The summed E-state index contributed by atoms with van der Waals surface area (Å²) in [7, 11) is 0. The Labute approximate surface area is 115 Å². The van der Waals surface area contributed by atoms with E-state index in [9.17, 15) is 8.78 Å². The van der Waals surface area contributed by atoms with Crippen molar-refractivity contribution in [2.45, 2.75) is 19.8 Å². The van der Waals surface area contributed by atoms with Crippen LogP contribution in [0.3, 0.4) is 0 Å². The van der Waals surface area contributed by atoms with E-state index in [0.717, 1.165) is 13.0 Å². The summed E-state index contributed by atoms with van der Waals surface area (Å²) in [5.41, 5.74) is 0. The van der Waals surface area contributed by atoms with Crippen molar-refractivity contribution in [1.82, 2.24) is 9.97 Å². The van der Waals surface area contributed by atoms with Gasteiger partial charge in [0.2, 0.25) is 5.95 Å². The molecule has 8 heteroatoms. The van der Waals surface area contributed by atoms with Crippen molar-refractivity contribution in [2.24, 2.45) is 0 Å². The van der Waals surface area contributed by atoms with E-state index in [0.29, 0.717) is 23.3 Å². The average Bonchev–Trinajstić information content (AvgIpc) is 2.38.